The van der Waals surface area contributed by atoms with Crippen LogP contribution < -0.4 is 5.73 Å². The number of aromatic nitrogens is 5. The van der Waals surface area contributed by atoms with E-state index in [4.69, 9.17) is 5.73 Å². The molecule has 6 nitrogen and oxygen atoms in total. The number of rotatable bonds is 2. The van der Waals surface area contributed by atoms with Gasteiger partial charge in [-0.15, -0.1) is 0 Å². The lowest BCUT2D eigenvalue weighted by atomic mass is 10.3. The lowest BCUT2D eigenvalue weighted by Gasteiger charge is -2.02. The SMILES string of the molecule is Cn1cnc(Cn2c(N)nc3c(F)cccc32)n1. The highest BCUT2D eigenvalue weighted by molar-refractivity contribution is 5.78. The highest BCUT2D eigenvalue weighted by Gasteiger charge is 2.12. The van der Waals surface area contributed by atoms with Gasteiger partial charge in [0.05, 0.1) is 12.1 Å². The number of para-hydroxylation sites is 1. The number of benzene rings is 1. The predicted octanol–water partition coefficient (Wildman–Crippen LogP) is 0.934. The van der Waals surface area contributed by atoms with Crippen LogP contribution in [0.4, 0.5) is 10.3 Å². The van der Waals surface area contributed by atoms with E-state index >= 15 is 0 Å². The molecule has 1 aromatic carbocycles. The van der Waals surface area contributed by atoms with Crippen molar-refractivity contribution in [3.8, 4) is 0 Å². The summed E-state index contributed by atoms with van der Waals surface area (Å²) >= 11 is 0. The van der Waals surface area contributed by atoms with Gasteiger partial charge in [-0.05, 0) is 12.1 Å². The number of anilines is 1. The normalized spacial score (nSPS) is 11.2. The Bertz CT molecular complexity index is 713. The van der Waals surface area contributed by atoms with Crippen molar-refractivity contribution >= 4 is 17.0 Å². The van der Waals surface area contributed by atoms with Crippen LogP contribution in [0.3, 0.4) is 0 Å². The lowest BCUT2D eigenvalue weighted by molar-refractivity contribution is 0.637. The van der Waals surface area contributed by atoms with Crippen molar-refractivity contribution in [2.24, 2.45) is 7.05 Å². The fourth-order valence-corrected chi connectivity index (χ4v) is 1.89. The molecule has 92 valence electrons. The Morgan fingerprint density at radius 1 is 1.39 bits per heavy atom. The van der Waals surface area contributed by atoms with Gasteiger partial charge in [-0.1, -0.05) is 6.07 Å². The molecule has 7 heteroatoms. The van der Waals surface area contributed by atoms with E-state index in [1.165, 1.54) is 6.07 Å². The Kier molecular flexibility index (Phi) is 2.26. The number of nitrogen functional groups attached to an aromatic ring is 1. The summed E-state index contributed by atoms with van der Waals surface area (Å²) in [6, 6.07) is 4.75. The molecule has 0 atom stereocenters. The van der Waals surface area contributed by atoms with Gasteiger partial charge in [0.25, 0.3) is 0 Å². The van der Waals surface area contributed by atoms with Crippen LogP contribution in [-0.2, 0) is 13.6 Å². The Morgan fingerprint density at radius 3 is 2.94 bits per heavy atom. The van der Waals surface area contributed by atoms with Crippen LogP contribution in [0.15, 0.2) is 24.5 Å². The number of hydrogen-bond acceptors (Lipinski definition) is 4. The molecule has 0 fully saturated rings. The largest absolute Gasteiger partial charge is 0.369 e. The summed E-state index contributed by atoms with van der Waals surface area (Å²) in [5.74, 6) is 0.474. The summed E-state index contributed by atoms with van der Waals surface area (Å²) in [4.78, 5) is 8.13. The number of nitrogens with zero attached hydrogens (tertiary/aromatic N) is 5. The third-order valence-electron chi connectivity index (χ3n) is 2.71. The molecular weight excluding hydrogens is 235 g/mol. The van der Waals surface area contributed by atoms with Gasteiger partial charge >= 0.3 is 0 Å². The van der Waals surface area contributed by atoms with E-state index < -0.39 is 0 Å². The fraction of sp³-hybridized carbons (Fsp3) is 0.182. The maximum atomic E-state index is 13.6. The molecule has 0 bridgehead atoms. The second-order valence-electron chi connectivity index (χ2n) is 4.00. The molecular formula is C11H11FN6. The molecule has 0 saturated heterocycles. The standard InChI is InChI=1S/C11H11FN6/c1-17-6-14-9(16-17)5-18-8-4-2-3-7(12)10(8)15-11(18)13/h2-4,6H,5H2,1H3,(H2,13,15). The van der Waals surface area contributed by atoms with Crippen molar-refractivity contribution in [3.05, 3.63) is 36.2 Å². The fourth-order valence-electron chi connectivity index (χ4n) is 1.89. The molecule has 3 aromatic rings. The Balaban J connectivity index is 2.11. The highest BCUT2D eigenvalue weighted by atomic mass is 19.1. The lowest BCUT2D eigenvalue weighted by Crippen LogP contribution is -2.06. The Morgan fingerprint density at radius 2 is 2.22 bits per heavy atom. The maximum absolute atomic E-state index is 13.6. The average Bonchev–Trinajstić information content (AvgIpc) is 2.87. The van der Waals surface area contributed by atoms with E-state index in [-0.39, 0.29) is 17.3 Å². The summed E-state index contributed by atoms with van der Waals surface area (Å²) in [7, 11) is 1.78. The number of aryl methyl sites for hydroxylation is 1. The minimum absolute atomic E-state index is 0.252. The molecule has 0 saturated carbocycles. The van der Waals surface area contributed by atoms with Crippen LogP contribution in [0.5, 0.6) is 0 Å². The molecule has 3 rings (SSSR count). The second-order valence-corrected chi connectivity index (χ2v) is 4.00. The van der Waals surface area contributed by atoms with Crippen LogP contribution in [0.2, 0.25) is 0 Å². The molecule has 0 amide bonds. The average molecular weight is 246 g/mol. The van der Waals surface area contributed by atoms with Gasteiger partial charge in [-0.3, -0.25) is 4.68 Å². The number of halogens is 1. The molecule has 0 radical (unpaired) electrons. The smallest absolute Gasteiger partial charge is 0.201 e. The predicted molar refractivity (Wildman–Crippen MR) is 64.2 cm³/mol. The van der Waals surface area contributed by atoms with Crippen LogP contribution >= 0.6 is 0 Å². The zero-order chi connectivity index (χ0) is 12.7. The molecule has 18 heavy (non-hydrogen) atoms. The molecule has 0 aliphatic heterocycles. The van der Waals surface area contributed by atoms with E-state index in [0.717, 1.165) is 0 Å². The van der Waals surface area contributed by atoms with E-state index in [9.17, 15) is 4.39 Å². The number of nitrogens with two attached hydrogens (primary N) is 1. The first-order valence-corrected chi connectivity index (χ1v) is 5.40. The zero-order valence-electron chi connectivity index (χ0n) is 9.71. The quantitative estimate of drug-likeness (QED) is 0.730. The van der Waals surface area contributed by atoms with Crippen LogP contribution in [0.1, 0.15) is 5.82 Å². The first kappa shape index (κ1) is 10.7. The second kappa shape index (κ2) is 3.80. The minimum Gasteiger partial charge on any atom is -0.369 e. The third kappa shape index (κ3) is 1.60. The van der Waals surface area contributed by atoms with Gasteiger partial charge in [0, 0.05) is 7.05 Å². The Labute approximate surface area is 102 Å². The van der Waals surface area contributed by atoms with Crippen molar-refractivity contribution in [1.82, 2.24) is 24.3 Å². The minimum atomic E-state index is -0.382. The number of imidazole rings is 1. The highest BCUT2D eigenvalue weighted by Crippen LogP contribution is 2.20. The summed E-state index contributed by atoms with van der Waals surface area (Å²) < 4.78 is 16.8. The number of hydrogen-bond donors (Lipinski definition) is 1. The van der Waals surface area contributed by atoms with E-state index in [1.807, 2.05) is 0 Å². The van der Waals surface area contributed by atoms with Crippen molar-refractivity contribution in [3.63, 3.8) is 0 Å². The zero-order valence-corrected chi connectivity index (χ0v) is 9.71. The molecule has 0 aliphatic carbocycles. The maximum Gasteiger partial charge on any atom is 0.201 e. The topological polar surface area (TPSA) is 74.5 Å². The third-order valence-corrected chi connectivity index (χ3v) is 2.71. The summed E-state index contributed by atoms with van der Waals surface area (Å²) in [5.41, 5.74) is 6.71. The van der Waals surface area contributed by atoms with E-state index in [2.05, 4.69) is 15.1 Å². The van der Waals surface area contributed by atoms with Gasteiger partial charge < -0.3 is 10.3 Å². The first-order chi connectivity index (χ1) is 8.65. The van der Waals surface area contributed by atoms with Gasteiger partial charge in [0.2, 0.25) is 5.95 Å². The van der Waals surface area contributed by atoms with Crippen molar-refractivity contribution < 1.29 is 4.39 Å². The molecule has 0 aliphatic rings. The van der Waals surface area contributed by atoms with Gasteiger partial charge in [0.1, 0.15) is 11.8 Å². The van der Waals surface area contributed by atoms with Gasteiger partial charge in [-0.25, -0.2) is 14.4 Å². The molecule has 0 spiro atoms. The molecule has 0 unspecified atom stereocenters. The van der Waals surface area contributed by atoms with Crippen molar-refractivity contribution in [1.29, 1.82) is 0 Å². The molecule has 2 N–H and O–H groups in total. The molecule has 2 aromatic heterocycles. The van der Waals surface area contributed by atoms with Crippen LogP contribution in [0, 0.1) is 5.82 Å². The van der Waals surface area contributed by atoms with E-state index in [1.54, 1.807) is 34.8 Å². The van der Waals surface area contributed by atoms with E-state index in [0.29, 0.717) is 17.9 Å². The van der Waals surface area contributed by atoms with Crippen LogP contribution in [0.25, 0.3) is 11.0 Å². The number of fused-ring (bicyclic) bond motifs is 1. The van der Waals surface area contributed by atoms with Gasteiger partial charge in [-0.2, -0.15) is 5.10 Å². The Hall–Kier alpha value is -2.44. The van der Waals surface area contributed by atoms with Crippen molar-refractivity contribution in [2.45, 2.75) is 6.54 Å². The van der Waals surface area contributed by atoms with Crippen molar-refractivity contribution in [2.75, 3.05) is 5.73 Å². The first-order valence-electron chi connectivity index (χ1n) is 5.40. The summed E-state index contributed by atoms with van der Waals surface area (Å²) in [6.45, 7) is 0.368. The van der Waals surface area contributed by atoms with Gasteiger partial charge in [0.15, 0.2) is 11.6 Å². The monoisotopic (exact) mass is 246 g/mol. The van der Waals surface area contributed by atoms with Crippen LogP contribution in [-0.4, -0.2) is 24.3 Å². The molecule has 2 heterocycles. The summed E-state index contributed by atoms with van der Waals surface area (Å²) in [5, 5.41) is 4.16. The summed E-state index contributed by atoms with van der Waals surface area (Å²) in [6.07, 6.45) is 1.60.